The van der Waals surface area contributed by atoms with E-state index >= 15 is 0 Å². The Balaban J connectivity index is 1.64. The molecule has 1 aromatic rings. The van der Waals surface area contributed by atoms with E-state index in [9.17, 15) is 8.42 Å². The van der Waals surface area contributed by atoms with Crippen LogP contribution >= 0.6 is 0 Å². The molecule has 27 heavy (non-hydrogen) atoms. The molecule has 2 heterocycles. The maximum Gasteiger partial charge on any atom is 0.246 e. The van der Waals surface area contributed by atoms with Gasteiger partial charge >= 0.3 is 0 Å². The van der Waals surface area contributed by atoms with Crippen molar-refractivity contribution in [1.29, 1.82) is 0 Å². The third kappa shape index (κ3) is 4.95. The maximum absolute atomic E-state index is 13.2. The molecule has 0 N–H and O–H groups in total. The van der Waals surface area contributed by atoms with Crippen LogP contribution in [0.2, 0.25) is 0 Å². The average Bonchev–Trinajstić information content (AvgIpc) is 2.96. The summed E-state index contributed by atoms with van der Waals surface area (Å²) in [5, 5.41) is 0. The van der Waals surface area contributed by atoms with Gasteiger partial charge in [0.25, 0.3) is 0 Å². The first-order chi connectivity index (χ1) is 13.0. The molecule has 0 bridgehead atoms. The van der Waals surface area contributed by atoms with Crippen LogP contribution in [0, 0.1) is 5.92 Å². The first-order valence-electron chi connectivity index (χ1n) is 9.99. The first-order valence-corrected chi connectivity index (χ1v) is 11.4. The highest BCUT2D eigenvalue weighted by atomic mass is 32.2. The predicted octanol–water partition coefficient (Wildman–Crippen LogP) is 2.98. The summed E-state index contributed by atoms with van der Waals surface area (Å²) in [5.74, 6) is 1.47. The molecule has 0 aliphatic carbocycles. The van der Waals surface area contributed by atoms with E-state index in [4.69, 9.17) is 9.47 Å². The number of methoxy groups -OCH3 is 2. The maximum atomic E-state index is 13.2. The summed E-state index contributed by atoms with van der Waals surface area (Å²) >= 11 is 0. The van der Waals surface area contributed by atoms with Crippen molar-refractivity contribution in [2.45, 2.75) is 43.4 Å². The van der Waals surface area contributed by atoms with Gasteiger partial charge in [0.15, 0.2) is 0 Å². The van der Waals surface area contributed by atoms with Gasteiger partial charge in [-0.25, -0.2) is 8.42 Å². The summed E-state index contributed by atoms with van der Waals surface area (Å²) in [4.78, 5) is 2.77. The number of hydrogen-bond acceptors (Lipinski definition) is 5. The van der Waals surface area contributed by atoms with Gasteiger partial charge in [0.2, 0.25) is 10.0 Å². The fourth-order valence-electron chi connectivity index (χ4n) is 4.14. The van der Waals surface area contributed by atoms with Crippen molar-refractivity contribution in [2.24, 2.45) is 5.92 Å². The Morgan fingerprint density at radius 1 is 0.963 bits per heavy atom. The number of likely N-dealkylation sites (tertiary alicyclic amines) is 1. The molecule has 2 aliphatic heterocycles. The van der Waals surface area contributed by atoms with Crippen LogP contribution in [0.3, 0.4) is 0 Å². The molecule has 2 aliphatic rings. The van der Waals surface area contributed by atoms with E-state index < -0.39 is 10.0 Å². The molecule has 3 rings (SSSR count). The molecular formula is C20H32N2O4S. The Morgan fingerprint density at radius 3 is 2.22 bits per heavy atom. The summed E-state index contributed by atoms with van der Waals surface area (Å²) in [6, 6.07) is 4.92. The summed E-state index contributed by atoms with van der Waals surface area (Å²) in [5.41, 5.74) is 0. The number of nitrogens with zero attached hydrogens (tertiary/aromatic N) is 2. The summed E-state index contributed by atoms with van der Waals surface area (Å²) in [6.07, 6.45) is 7.11. The topological polar surface area (TPSA) is 59.1 Å². The lowest BCUT2D eigenvalue weighted by molar-refractivity contribution is 0.186. The number of rotatable bonds is 6. The summed E-state index contributed by atoms with van der Waals surface area (Å²) < 4.78 is 38.4. The Labute approximate surface area is 163 Å². The molecule has 6 nitrogen and oxygen atoms in total. The lowest BCUT2D eigenvalue weighted by Crippen LogP contribution is -2.41. The molecule has 152 valence electrons. The van der Waals surface area contributed by atoms with E-state index in [0.717, 1.165) is 19.4 Å². The second-order valence-corrected chi connectivity index (χ2v) is 9.49. The second kappa shape index (κ2) is 9.26. The quantitative estimate of drug-likeness (QED) is 0.740. The molecule has 0 saturated carbocycles. The molecule has 2 saturated heterocycles. The molecule has 0 radical (unpaired) electrons. The number of piperidine rings is 1. The highest BCUT2D eigenvalue weighted by Crippen LogP contribution is 2.32. The van der Waals surface area contributed by atoms with Gasteiger partial charge in [0.05, 0.1) is 14.2 Å². The molecule has 0 amide bonds. The zero-order valence-electron chi connectivity index (χ0n) is 16.5. The fourth-order valence-corrected chi connectivity index (χ4v) is 5.78. The van der Waals surface area contributed by atoms with Crippen molar-refractivity contribution >= 4 is 10.0 Å². The normalized spacial score (nSPS) is 21.0. The van der Waals surface area contributed by atoms with Gasteiger partial charge in [-0.2, -0.15) is 4.31 Å². The minimum absolute atomic E-state index is 0.190. The molecule has 0 unspecified atom stereocenters. The Bertz CT molecular complexity index is 707. The molecule has 0 aromatic heterocycles. The molecule has 1 aromatic carbocycles. The van der Waals surface area contributed by atoms with Crippen LogP contribution in [0.25, 0.3) is 0 Å². The van der Waals surface area contributed by atoms with Crippen molar-refractivity contribution < 1.29 is 17.9 Å². The van der Waals surface area contributed by atoms with Crippen LogP contribution in [0.1, 0.15) is 38.5 Å². The lowest BCUT2D eigenvalue weighted by atomic mass is 9.97. The van der Waals surface area contributed by atoms with Crippen molar-refractivity contribution in [3.05, 3.63) is 18.2 Å². The number of ether oxygens (including phenoxy) is 2. The Kier molecular flexibility index (Phi) is 7.00. The molecule has 2 fully saturated rings. The molecule has 0 atom stereocenters. The van der Waals surface area contributed by atoms with Crippen molar-refractivity contribution in [3.8, 4) is 11.5 Å². The van der Waals surface area contributed by atoms with Gasteiger partial charge in [-0.05, 0) is 56.8 Å². The van der Waals surface area contributed by atoms with Gasteiger partial charge in [-0.3, -0.25) is 0 Å². The highest BCUT2D eigenvalue weighted by Gasteiger charge is 2.32. The number of benzene rings is 1. The van der Waals surface area contributed by atoms with Crippen LogP contribution in [0.4, 0.5) is 0 Å². The van der Waals surface area contributed by atoms with Crippen molar-refractivity contribution in [3.63, 3.8) is 0 Å². The van der Waals surface area contributed by atoms with Crippen molar-refractivity contribution in [1.82, 2.24) is 9.21 Å². The second-order valence-electron chi connectivity index (χ2n) is 7.58. The van der Waals surface area contributed by atoms with Gasteiger partial charge in [-0.1, -0.05) is 12.8 Å². The zero-order chi connectivity index (χ0) is 19.3. The lowest BCUT2D eigenvalue weighted by Gasteiger charge is -2.34. The zero-order valence-corrected chi connectivity index (χ0v) is 17.3. The fraction of sp³-hybridized carbons (Fsp3) is 0.700. The van der Waals surface area contributed by atoms with Crippen molar-refractivity contribution in [2.75, 3.05) is 46.9 Å². The van der Waals surface area contributed by atoms with Crippen LogP contribution in [-0.4, -0.2) is 64.6 Å². The Morgan fingerprint density at radius 2 is 1.63 bits per heavy atom. The highest BCUT2D eigenvalue weighted by molar-refractivity contribution is 7.89. The molecular weight excluding hydrogens is 364 g/mol. The largest absolute Gasteiger partial charge is 0.497 e. The minimum atomic E-state index is -3.58. The van der Waals surface area contributed by atoms with Crippen LogP contribution in [-0.2, 0) is 10.0 Å². The van der Waals surface area contributed by atoms with E-state index in [0.29, 0.717) is 30.5 Å². The van der Waals surface area contributed by atoms with Gasteiger partial charge in [0, 0.05) is 25.7 Å². The molecule has 0 spiro atoms. The van der Waals surface area contributed by atoms with E-state index in [-0.39, 0.29) is 4.90 Å². The van der Waals surface area contributed by atoms with E-state index in [1.807, 2.05) is 0 Å². The van der Waals surface area contributed by atoms with Gasteiger partial charge < -0.3 is 14.4 Å². The monoisotopic (exact) mass is 396 g/mol. The van der Waals surface area contributed by atoms with E-state index in [1.165, 1.54) is 53.0 Å². The smallest absolute Gasteiger partial charge is 0.246 e. The van der Waals surface area contributed by atoms with Crippen LogP contribution < -0.4 is 9.47 Å². The van der Waals surface area contributed by atoms with E-state index in [2.05, 4.69) is 4.90 Å². The summed E-state index contributed by atoms with van der Waals surface area (Å²) in [7, 11) is -0.556. The van der Waals surface area contributed by atoms with E-state index in [1.54, 1.807) is 22.5 Å². The van der Waals surface area contributed by atoms with Crippen LogP contribution in [0.15, 0.2) is 23.1 Å². The van der Waals surface area contributed by atoms with Gasteiger partial charge in [-0.15, -0.1) is 0 Å². The minimum Gasteiger partial charge on any atom is -0.497 e. The third-order valence-corrected chi connectivity index (χ3v) is 7.70. The summed E-state index contributed by atoms with van der Waals surface area (Å²) in [6.45, 7) is 4.64. The molecule has 7 heteroatoms. The number of hydrogen-bond donors (Lipinski definition) is 0. The van der Waals surface area contributed by atoms with Crippen LogP contribution in [0.5, 0.6) is 11.5 Å². The third-order valence-electron chi connectivity index (χ3n) is 5.78. The predicted molar refractivity (Wildman–Crippen MR) is 106 cm³/mol. The first kappa shape index (κ1) is 20.4. The SMILES string of the molecule is COc1ccc(OC)c(S(=O)(=O)N2CCC(CN3CCCCCC3)CC2)c1. The average molecular weight is 397 g/mol. The van der Waals surface area contributed by atoms with Gasteiger partial charge in [0.1, 0.15) is 16.4 Å². The standard InChI is InChI=1S/C20H32N2O4S/c1-25-18-7-8-19(26-2)20(15-18)27(23,24)22-13-9-17(10-14-22)16-21-11-5-3-4-6-12-21/h7-8,15,17H,3-6,9-14,16H2,1-2H3. The Hall–Kier alpha value is -1.31. The number of sulfonamides is 1.